The molecule has 0 spiro atoms. The number of rotatable bonds is 2. The van der Waals surface area contributed by atoms with Gasteiger partial charge < -0.3 is 30.5 Å². The minimum Gasteiger partial charge on any atom is -0.511 e. The molecule has 2 aliphatic rings. The van der Waals surface area contributed by atoms with Gasteiger partial charge in [-0.05, 0) is 0 Å². The first-order valence-electron chi connectivity index (χ1n) is 5.70. The standard InChI is InChI=1S/2C6H7NO3/c2*7-3-4-5(8)1-2-10-6(4)9/h2*3,7-8H,1-2H2. The predicted molar refractivity (Wildman–Crippen MR) is 68.0 cm³/mol. The van der Waals surface area contributed by atoms with E-state index in [-0.39, 0.29) is 35.9 Å². The van der Waals surface area contributed by atoms with Crippen LogP contribution in [0.3, 0.4) is 0 Å². The topological polar surface area (TPSA) is 141 Å². The summed E-state index contributed by atoms with van der Waals surface area (Å²) in [5, 5.41) is 31.4. The van der Waals surface area contributed by atoms with Crippen LogP contribution in [0.2, 0.25) is 0 Å². The molecule has 0 radical (unpaired) electrons. The van der Waals surface area contributed by atoms with Crippen LogP contribution >= 0.6 is 0 Å². The molecule has 0 aliphatic carbocycles. The number of ether oxygens (including phenoxy) is 2. The summed E-state index contributed by atoms with van der Waals surface area (Å²) in [4.78, 5) is 21.3. The van der Waals surface area contributed by atoms with Gasteiger partial charge in [0.1, 0.15) is 22.7 Å². The number of esters is 2. The maximum Gasteiger partial charge on any atom is 0.343 e. The molecular weight excluding hydrogens is 268 g/mol. The number of cyclic esters (lactones) is 2. The fourth-order valence-electron chi connectivity index (χ4n) is 1.43. The van der Waals surface area contributed by atoms with Crippen LogP contribution in [-0.4, -0.2) is 47.8 Å². The highest BCUT2D eigenvalue weighted by Crippen LogP contribution is 2.12. The number of carbonyl (C=O) groups is 2. The van der Waals surface area contributed by atoms with Gasteiger partial charge in [-0.25, -0.2) is 9.59 Å². The van der Waals surface area contributed by atoms with Gasteiger partial charge in [0, 0.05) is 25.3 Å². The Morgan fingerprint density at radius 2 is 1.20 bits per heavy atom. The van der Waals surface area contributed by atoms with E-state index in [2.05, 4.69) is 9.47 Å². The molecule has 0 aromatic heterocycles. The average Bonchev–Trinajstić information content (AvgIpc) is 2.40. The van der Waals surface area contributed by atoms with Gasteiger partial charge in [0.2, 0.25) is 0 Å². The van der Waals surface area contributed by atoms with E-state index in [1.165, 1.54) is 0 Å². The van der Waals surface area contributed by atoms with Crippen molar-refractivity contribution in [2.75, 3.05) is 13.2 Å². The summed E-state index contributed by atoms with van der Waals surface area (Å²) in [6, 6.07) is 0. The molecule has 2 aliphatic heterocycles. The van der Waals surface area contributed by atoms with E-state index in [1.807, 2.05) is 0 Å². The van der Waals surface area contributed by atoms with Gasteiger partial charge in [-0.2, -0.15) is 0 Å². The molecule has 0 saturated carbocycles. The van der Waals surface area contributed by atoms with Crippen molar-refractivity contribution in [2.24, 2.45) is 0 Å². The second-order valence-electron chi connectivity index (χ2n) is 3.78. The lowest BCUT2D eigenvalue weighted by Crippen LogP contribution is -2.18. The number of hydrogen-bond donors (Lipinski definition) is 4. The van der Waals surface area contributed by atoms with Gasteiger partial charge in [0.15, 0.2) is 0 Å². The van der Waals surface area contributed by atoms with Crippen LogP contribution in [0.4, 0.5) is 0 Å². The number of carbonyl (C=O) groups excluding carboxylic acids is 2. The smallest absolute Gasteiger partial charge is 0.343 e. The predicted octanol–water partition coefficient (Wildman–Crippen LogP) is 0.790. The molecule has 2 heterocycles. The Balaban J connectivity index is 0.000000200. The molecule has 8 heteroatoms. The Labute approximate surface area is 114 Å². The van der Waals surface area contributed by atoms with Crippen molar-refractivity contribution in [3.63, 3.8) is 0 Å². The molecule has 8 nitrogen and oxygen atoms in total. The highest BCUT2D eigenvalue weighted by Gasteiger charge is 2.19. The first-order chi connectivity index (χ1) is 9.51. The molecule has 4 N–H and O–H groups in total. The van der Waals surface area contributed by atoms with Crippen LogP contribution < -0.4 is 0 Å². The molecule has 2 rings (SSSR count). The van der Waals surface area contributed by atoms with Crippen LogP contribution in [0.25, 0.3) is 0 Å². The lowest BCUT2D eigenvalue weighted by atomic mass is 10.2. The summed E-state index contributed by atoms with van der Waals surface area (Å²) in [5.41, 5.74) is -0.0718. The molecule has 0 aromatic carbocycles. The van der Waals surface area contributed by atoms with Gasteiger partial charge >= 0.3 is 11.9 Å². The maximum absolute atomic E-state index is 10.6. The molecule has 0 fully saturated rings. The summed E-state index contributed by atoms with van der Waals surface area (Å²) in [5.74, 6) is -1.32. The van der Waals surface area contributed by atoms with E-state index in [0.29, 0.717) is 12.8 Å². The molecule has 0 atom stereocenters. The van der Waals surface area contributed by atoms with Crippen LogP contribution in [0, 0.1) is 10.8 Å². The Morgan fingerprint density at radius 3 is 1.40 bits per heavy atom. The Hall–Kier alpha value is -2.64. The average molecular weight is 282 g/mol. The van der Waals surface area contributed by atoms with Crippen LogP contribution in [0.1, 0.15) is 12.8 Å². The largest absolute Gasteiger partial charge is 0.511 e. The first kappa shape index (κ1) is 15.4. The molecule has 108 valence electrons. The van der Waals surface area contributed by atoms with Crippen molar-refractivity contribution in [3.8, 4) is 0 Å². The molecule has 0 amide bonds. The van der Waals surface area contributed by atoms with Gasteiger partial charge in [-0.15, -0.1) is 0 Å². The first-order valence-corrected chi connectivity index (χ1v) is 5.70. The Morgan fingerprint density at radius 1 is 0.850 bits per heavy atom. The van der Waals surface area contributed by atoms with E-state index in [9.17, 15) is 9.59 Å². The summed E-state index contributed by atoms with van der Waals surface area (Å²) in [6.45, 7) is 0.421. The van der Waals surface area contributed by atoms with Gasteiger partial charge in [0.05, 0.1) is 13.2 Å². The van der Waals surface area contributed by atoms with Crippen LogP contribution in [0.15, 0.2) is 22.7 Å². The van der Waals surface area contributed by atoms with Crippen LogP contribution in [-0.2, 0) is 19.1 Å². The summed E-state index contributed by atoms with van der Waals surface area (Å²) < 4.78 is 9.09. The monoisotopic (exact) mass is 282 g/mol. The van der Waals surface area contributed by atoms with Crippen molar-refractivity contribution < 1.29 is 29.3 Å². The number of nitrogens with one attached hydrogen (secondary N) is 2. The fourth-order valence-corrected chi connectivity index (χ4v) is 1.43. The molecule has 0 bridgehead atoms. The second-order valence-corrected chi connectivity index (χ2v) is 3.78. The van der Waals surface area contributed by atoms with Crippen molar-refractivity contribution in [1.82, 2.24) is 0 Å². The fraction of sp³-hybridized carbons (Fsp3) is 0.333. The number of aliphatic hydroxyl groups excluding tert-OH is 2. The van der Waals surface area contributed by atoms with E-state index in [1.54, 1.807) is 0 Å². The third-order valence-corrected chi connectivity index (χ3v) is 2.49. The Kier molecular flexibility index (Phi) is 5.45. The van der Waals surface area contributed by atoms with E-state index in [0.717, 1.165) is 12.4 Å². The molecule has 20 heavy (non-hydrogen) atoms. The van der Waals surface area contributed by atoms with E-state index < -0.39 is 11.9 Å². The van der Waals surface area contributed by atoms with Crippen LogP contribution in [0.5, 0.6) is 0 Å². The molecular formula is C12H14N2O6. The Bertz CT molecular complexity index is 460. The quantitative estimate of drug-likeness (QED) is 0.436. The lowest BCUT2D eigenvalue weighted by Gasteiger charge is -2.11. The zero-order chi connectivity index (χ0) is 15.1. The highest BCUT2D eigenvalue weighted by molar-refractivity contribution is 6.09. The molecule has 0 aromatic rings. The van der Waals surface area contributed by atoms with Gasteiger partial charge in [-0.3, -0.25) is 0 Å². The minimum absolute atomic E-state index is 0.0359. The van der Waals surface area contributed by atoms with Crippen molar-refractivity contribution in [1.29, 1.82) is 10.8 Å². The van der Waals surface area contributed by atoms with Crippen molar-refractivity contribution in [3.05, 3.63) is 22.7 Å². The van der Waals surface area contributed by atoms with Crippen molar-refractivity contribution in [2.45, 2.75) is 12.8 Å². The highest BCUT2D eigenvalue weighted by atomic mass is 16.5. The van der Waals surface area contributed by atoms with E-state index >= 15 is 0 Å². The minimum atomic E-state index is -0.612. The zero-order valence-corrected chi connectivity index (χ0v) is 10.5. The number of aliphatic hydroxyl groups is 2. The summed E-state index contributed by atoms with van der Waals surface area (Å²) in [7, 11) is 0. The van der Waals surface area contributed by atoms with Gasteiger partial charge in [-0.1, -0.05) is 0 Å². The zero-order valence-electron chi connectivity index (χ0n) is 10.5. The van der Waals surface area contributed by atoms with Crippen molar-refractivity contribution >= 4 is 24.4 Å². The second kappa shape index (κ2) is 7.07. The third-order valence-electron chi connectivity index (χ3n) is 2.49. The number of hydrogen-bond acceptors (Lipinski definition) is 8. The summed E-state index contributed by atoms with van der Waals surface area (Å²) in [6.07, 6.45) is 2.24. The SMILES string of the molecule is N=CC1=C(O)CCOC1=O.N=CC1=C(O)CCOC1=O. The molecule has 0 saturated heterocycles. The third kappa shape index (κ3) is 3.67. The molecule has 0 unspecified atom stereocenters. The maximum atomic E-state index is 10.6. The van der Waals surface area contributed by atoms with Gasteiger partial charge in [0.25, 0.3) is 0 Å². The lowest BCUT2D eigenvalue weighted by molar-refractivity contribution is -0.140. The van der Waals surface area contributed by atoms with E-state index in [4.69, 9.17) is 21.0 Å². The summed E-state index contributed by atoms with van der Waals surface area (Å²) >= 11 is 0. The normalized spacial score (nSPS) is 18.6.